The van der Waals surface area contributed by atoms with Gasteiger partial charge in [-0.05, 0) is 37.0 Å². The van der Waals surface area contributed by atoms with Crippen LogP contribution in [0.5, 0.6) is 0 Å². The van der Waals surface area contributed by atoms with Gasteiger partial charge >= 0.3 is 0 Å². The van der Waals surface area contributed by atoms with Crippen molar-refractivity contribution in [1.29, 1.82) is 0 Å². The molecule has 0 aliphatic heterocycles. The minimum atomic E-state index is 0. The largest absolute Gasteiger partial charge is 0.349 e. The van der Waals surface area contributed by atoms with E-state index < -0.39 is 0 Å². The third-order valence-corrected chi connectivity index (χ3v) is 3.31. The molecule has 0 heterocycles. The molecule has 1 amide bonds. The number of carbonyl (C=O) groups is 1. The van der Waals surface area contributed by atoms with Crippen LogP contribution in [-0.2, 0) is 6.42 Å². The zero-order valence-corrected chi connectivity index (χ0v) is 11.8. The standard InChI is InChI=1S/C14H19NO.C2H6.H2/c1-2-11-7-9-12(10-8-11)14(16)15-13-5-3-4-6-13;1-2;/h7-10,13H,2-6H2,1H3,(H,15,16);1-2H3;1H. The summed E-state index contributed by atoms with van der Waals surface area (Å²) in [4.78, 5) is 11.9. The lowest BCUT2D eigenvalue weighted by atomic mass is 10.1. The van der Waals surface area contributed by atoms with E-state index in [9.17, 15) is 4.79 Å². The van der Waals surface area contributed by atoms with Gasteiger partial charge in [0.2, 0.25) is 0 Å². The van der Waals surface area contributed by atoms with Crippen LogP contribution in [0.2, 0.25) is 0 Å². The van der Waals surface area contributed by atoms with Gasteiger partial charge in [-0.25, -0.2) is 0 Å². The van der Waals surface area contributed by atoms with Crippen molar-refractivity contribution in [3.63, 3.8) is 0 Å². The van der Waals surface area contributed by atoms with Gasteiger partial charge in [-0.2, -0.15) is 0 Å². The molecule has 0 bridgehead atoms. The first-order chi connectivity index (χ1) is 8.79. The summed E-state index contributed by atoms with van der Waals surface area (Å²) in [5, 5.41) is 3.09. The second kappa shape index (κ2) is 7.91. The molecular formula is C16H27NO. The molecule has 0 atom stereocenters. The maximum Gasteiger partial charge on any atom is 0.251 e. The lowest BCUT2D eigenvalue weighted by Gasteiger charge is -2.11. The van der Waals surface area contributed by atoms with Gasteiger partial charge in [0, 0.05) is 13.0 Å². The van der Waals surface area contributed by atoms with Crippen LogP contribution in [0, 0.1) is 0 Å². The summed E-state index contributed by atoms with van der Waals surface area (Å²) >= 11 is 0. The van der Waals surface area contributed by atoms with Crippen LogP contribution in [0.1, 0.15) is 63.8 Å². The fourth-order valence-corrected chi connectivity index (χ4v) is 2.23. The number of carbonyl (C=O) groups excluding carboxylic acids is 1. The summed E-state index contributed by atoms with van der Waals surface area (Å²) in [5.41, 5.74) is 2.06. The molecule has 0 radical (unpaired) electrons. The van der Waals surface area contributed by atoms with Crippen molar-refractivity contribution < 1.29 is 6.22 Å². The highest BCUT2D eigenvalue weighted by atomic mass is 16.1. The fourth-order valence-electron chi connectivity index (χ4n) is 2.23. The predicted octanol–water partition coefficient (Wildman–Crippen LogP) is 4.19. The molecule has 102 valence electrons. The number of hydrogen-bond donors (Lipinski definition) is 1. The van der Waals surface area contributed by atoms with E-state index in [1.807, 2.05) is 38.1 Å². The van der Waals surface area contributed by atoms with Gasteiger partial charge in [-0.1, -0.05) is 45.7 Å². The Hall–Kier alpha value is -1.31. The Morgan fingerprint density at radius 3 is 2.28 bits per heavy atom. The molecule has 2 heteroatoms. The normalized spacial score (nSPS) is 14.8. The molecular weight excluding hydrogens is 222 g/mol. The van der Waals surface area contributed by atoms with Gasteiger partial charge in [-0.3, -0.25) is 4.79 Å². The molecule has 0 saturated heterocycles. The topological polar surface area (TPSA) is 29.1 Å². The van der Waals surface area contributed by atoms with E-state index in [0.717, 1.165) is 24.8 Å². The van der Waals surface area contributed by atoms with Crippen molar-refractivity contribution in [2.45, 2.75) is 58.9 Å². The van der Waals surface area contributed by atoms with Crippen molar-refractivity contribution in [3.8, 4) is 0 Å². The molecule has 18 heavy (non-hydrogen) atoms. The van der Waals surface area contributed by atoms with Crippen molar-refractivity contribution >= 4 is 5.91 Å². The lowest BCUT2D eigenvalue weighted by Crippen LogP contribution is -2.32. The molecule has 1 fully saturated rings. The zero-order valence-electron chi connectivity index (χ0n) is 11.8. The Balaban J connectivity index is 0.00000103. The van der Waals surface area contributed by atoms with E-state index in [2.05, 4.69) is 12.2 Å². The van der Waals surface area contributed by atoms with Gasteiger partial charge in [0.05, 0.1) is 0 Å². The molecule has 1 N–H and O–H groups in total. The highest BCUT2D eigenvalue weighted by molar-refractivity contribution is 5.94. The third kappa shape index (κ3) is 4.17. The third-order valence-electron chi connectivity index (χ3n) is 3.31. The Bertz CT molecular complexity index is 356. The van der Waals surface area contributed by atoms with Gasteiger partial charge in [0.1, 0.15) is 0 Å². The number of nitrogens with one attached hydrogen (secondary N) is 1. The Labute approximate surface area is 112 Å². The van der Waals surface area contributed by atoms with E-state index >= 15 is 0 Å². The minimum Gasteiger partial charge on any atom is -0.349 e. The molecule has 0 spiro atoms. The smallest absolute Gasteiger partial charge is 0.251 e. The highest BCUT2D eigenvalue weighted by Crippen LogP contribution is 2.18. The van der Waals surface area contributed by atoms with Gasteiger partial charge in [0.25, 0.3) is 5.91 Å². The Morgan fingerprint density at radius 2 is 1.78 bits per heavy atom. The summed E-state index contributed by atoms with van der Waals surface area (Å²) in [7, 11) is 0. The molecule has 1 aliphatic rings. The van der Waals surface area contributed by atoms with Crippen LogP contribution >= 0.6 is 0 Å². The Kier molecular flexibility index (Phi) is 6.48. The number of rotatable bonds is 3. The molecule has 2 rings (SSSR count). The maximum absolute atomic E-state index is 11.9. The van der Waals surface area contributed by atoms with Crippen LogP contribution in [-0.4, -0.2) is 11.9 Å². The second-order valence-electron chi connectivity index (χ2n) is 4.51. The van der Waals surface area contributed by atoms with E-state index in [-0.39, 0.29) is 7.33 Å². The summed E-state index contributed by atoms with van der Waals surface area (Å²) in [6.07, 6.45) is 5.79. The average Bonchev–Trinajstić information content (AvgIpc) is 2.94. The van der Waals surface area contributed by atoms with E-state index in [1.165, 1.54) is 18.4 Å². The summed E-state index contributed by atoms with van der Waals surface area (Å²) in [6, 6.07) is 8.30. The second-order valence-corrected chi connectivity index (χ2v) is 4.51. The molecule has 1 aromatic carbocycles. The highest BCUT2D eigenvalue weighted by Gasteiger charge is 2.17. The maximum atomic E-state index is 11.9. The van der Waals surface area contributed by atoms with Crippen LogP contribution < -0.4 is 5.32 Å². The van der Waals surface area contributed by atoms with E-state index in [0.29, 0.717) is 6.04 Å². The fraction of sp³-hybridized carbons (Fsp3) is 0.562. The molecule has 2 nitrogen and oxygen atoms in total. The predicted molar refractivity (Wildman–Crippen MR) is 79.0 cm³/mol. The number of aryl methyl sites for hydroxylation is 1. The number of amides is 1. The van der Waals surface area contributed by atoms with Crippen LogP contribution in [0.15, 0.2) is 24.3 Å². The summed E-state index contributed by atoms with van der Waals surface area (Å²) in [5.74, 6) is 0.0783. The first-order valence-corrected chi connectivity index (χ1v) is 7.19. The van der Waals surface area contributed by atoms with Crippen LogP contribution in [0.3, 0.4) is 0 Å². The molecule has 1 saturated carbocycles. The van der Waals surface area contributed by atoms with Crippen molar-refractivity contribution in [1.82, 2.24) is 5.32 Å². The van der Waals surface area contributed by atoms with Crippen LogP contribution in [0.25, 0.3) is 0 Å². The minimum absolute atomic E-state index is 0. The molecule has 1 aromatic rings. The summed E-state index contributed by atoms with van der Waals surface area (Å²) < 4.78 is 0. The van der Waals surface area contributed by atoms with Gasteiger partial charge < -0.3 is 5.32 Å². The monoisotopic (exact) mass is 249 g/mol. The zero-order chi connectivity index (χ0) is 13.4. The molecule has 0 aromatic heterocycles. The molecule has 1 aliphatic carbocycles. The quantitative estimate of drug-likeness (QED) is 0.855. The first-order valence-electron chi connectivity index (χ1n) is 7.19. The number of benzene rings is 1. The van der Waals surface area contributed by atoms with Gasteiger partial charge in [-0.15, -0.1) is 0 Å². The molecule has 0 unspecified atom stereocenters. The van der Waals surface area contributed by atoms with Crippen molar-refractivity contribution in [3.05, 3.63) is 35.4 Å². The van der Waals surface area contributed by atoms with Crippen LogP contribution in [0.4, 0.5) is 0 Å². The SMILES string of the molecule is CC.CCc1ccc(C(=O)NC2CCCC2)cc1.[HH]. The van der Waals surface area contributed by atoms with E-state index in [4.69, 9.17) is 0 Å². The lowest BCUT2D eigenvalue weighted by molar-refractivity contribution is 0.0938. The first kappa shape index (κ1) is 14.7. The summed E-state index contributed by atoms with van der Waals surface area (Å²) in [6.45, 7) is 6.12. The average molecular weight is 249 g/mol. The van der Waals surface area contributed by atoms with Crippen molar-refractivity contribution in [2.75, 3.05) is 0 Å². The number of hydrogen-bond acceptors (Lipinski definition) is 1. The van der Waals surface area contributed by atoms with Crippen molar-refractivity contribution in [2.24, 2.45) is 0 Å². The van der Waals surface area contributed by atoms with Gasteiger partial charge in [0.15, 0.2) is 0 Å². The van der Waals surface area contributed by atoms with E-state index in [1.54, 1.807) is 0 Å². The Morgan fingerprint density at radius 1 is 1.22 bits per heavy atom.